The molecule has 1 heterocycles. The van der Waals surface area contributed by atoms with Gasteiger partial charge in [-0.15, -0.1) is 0 Å². The predicted octanol–water partition coefficient (Wildman–Crippen LogP) is -1.43. The molecule has 0 spiro atoms. The maximum absolute atomic E-state index is 8.88. The lowest BCUT2D eigenvalue weighted by atomic mass is 9.93. The van der Waals surface area contributed by atoms with E-state index in [0.717, 1.165) is 11.3 Å². The van der Waals surface area contributed by atoms with E-state index >= 15 is 0 Å². The molecule has 0 saturated heterocycles. The van der Waals surface area contributed by atoms with E-state index in [1.54, 1.807) is 6.20 Å². The number of aliphatic hydroxyl groups excluding tert-OH is 4. The van der Waals surface area contributed by atoms with Crippen LogP contribution in [-0.4, -0.2) is 61.5 Å². The van der Waals surface area contributed by atoms with Crippen LogP contribution in [0.25, 0.3) is 6.08 Å². The highest BCUT2D eigenvalue weighted by Crippen LogP contribution is 2.25. The van der Waals surface area contributed by atoms with Crippen LogP contribution < -0.4 is 10.3 Å². The molecule has 0 saturated carbocycles. The summed E-state index contributed by atoms with van der Waals surface area (Å²) in [5, 5.41) is 34.0. The van der Waals surface area contributed by atoms with Crippen LogP contribution in [0.3, 0.4) is 0 Å². The van der Waals surface area contributed by atoms with Crippen LogP contribution in [-0.2, 0) is 4.57 Å². The first kappa shape index (κ1) is 22.5. The van der Waals surface area contributed by atoms with Crippen molar-refractivity contribution in [1.29, 1.82) is 0 Å². The van der Waals surface area contributed by atoms with Crippen molar-refractivity contribution in [1.82, 2.24) is 5.48 Å². The van der Waals surface area contributed by atoms with Crippen LogP contribution in [0.2, 0.25) is 0 Å². The van der Waals surface area contributed by atoms with Crippen LogP contribution in [0.5, 0.6) is 5.75 Å². The van der Waals surface area contributed by atoms with Crippen molar-refractivity contribution in [3.05, 3.63) is 36.0 Å². The molecule has 0 unspecified atom stereocenters. The third-order valence-electron chi connectivity index (χ3n) is 2.76. The highest BCUT2D eigenvalue weighted by molar-refractivity contribution is 7.45. The molecule has 0 atom stereocenters. The average molecular weight is 367 g/mol. The minimum Gasteiger partial charge on any atom is -0.396 e. The molecule has 1 aliphatic rings. The summed E-state index contributed by atoms with van der Waals surface area (Å²) in [5.41, 5.74) is 2.66. The van der Waals surface area contributed by atoms with Gasteiger partial charge in [-0.05, 0) is 12.1 Å². The molecule has 138 valence electrons. The van der Waals surface area contributed by atoms with E-state index < -0.39 is 39.7 Å². The van der Waals surface area contributed by atoms with Gasteiger partial charge in [-0.2, -0.15) is 0 Å². The lowest BCUT2D eigenvalue weighted by Crippen LogP contribution is -2.37. The lowest BCUT2D eigenvalue weighted by Gasteiger charge is -2.23. The highest BCUT2D eigenvalue weighted by Gasteiger charge is 2.26. The molecule has 8 N–H and O–H groups in total. The lowest BCUT2D eigenvalue weighted by molar-refractivity contribution is -0.0328. The Kier molecular flexibility index (Phi) is 10.4. The fraction of sp³-hybridized carbons (Fsp3) is 0.385. The van der Waals surface area contributed by atoms with Crippen molar-refractivity contribution in [3.8, 4) is 5.75 Å². The average Bonchev–Trinajstić information content (AvgIpc) is 2.57. The monoisotopic (exact) mass is 367 g/mol. The summed E-state index contributed by atoms with van der Waals surface area (Å²) >= 11 is 0. The van der Waals surface area contributed by atoms with Gasteiger partial charge in [0.15, 0.2) is 5.75 Å². The molecule has 0 radical (unpaired) electrons. The number of nitrogens with one attached hydrogen (secondary N) is 1. The molecule has 0 fully saturated rings. The van der Waals surface area contributed by atoms with E-state index in [-0.39, 0.29) is 0 Å². The number of benzene rings is 1. The third-order valence-corrected chi connectivity index (χ3v) is 2.76. The predicted molar refractivity (Wildman–Crippen MR) is 84.3 cm³/mol. The quantitative estimate of drug-likeness (QED) is 0.294. The second kappa shape index (κ2) is 11.1. The molecular formula is C13H22NO9P. The second-order valence-corrected chi connectivity index (χ2v) is 5.76. The van der Waals surface area contributed by atoms with E-state index in [9.17, 15) is 0 Å². The molecule has 1 aromatic rings. The number of para-hydroxylation sites is 1. The van der Waals surface area contributed by atoms with Gasteiger partial charge >= 0.3 is 7.82 Å². The van der Waals surface area contributed by atoms with Crippen LogP contribution in [0, 0.1) is 5.41 Å². The van der Waals surface area contributed by atoms with E-state index in [1.165, 1.54) is 0 Å². The first-order valence-corrected chi connectivity index (χ1v) is 8.17. The molecule has 0 bridgehead atoms. The topological polar surface area (TPSA) is 180 Å². The molecule has 2 rings (SSSR count). The Hall–Kier alpha value is -1.49. The van der Waals surface area contributed by atoms with Crippen LogP contribution in [0.4, 0.5) is 0 Å². The van der Waals surface area contributed by atoms with Crippen molar-refractivity contribution in [2.75, 3.05) is 26.4 Å². The molecule has 1 aliphatic heterocycles. The maximum Gasteiger partial charge on any atom is 0.466 e. The third kappa shape index (κ3) is 9.60. The Morgan fingerprint density at radius 1 is 0.958 bits per heavy atom. The second-order valence-electron chi connectivity index (χ2n) is 4.74. The van der Waals surface area contributed by atoms with Gasteiger partial charge < -0.3 is 39.9 Å². The number of rotatable bonds is 4. The van der Waals surface area contributed by atoms with Gasteiger partial charge in [-0.3, -0.25) is 0 Å². The molecule has 0 amide bonds. The molecule has 0 aliphatic carbocycles. The molecule has 10 nitrogen and oxygen atoms in total. The fourth-order valence-corrected chi connectivity index (χ4v) is 1.23. The number of hydroxylamine groups is 1. The summed E-state index contributed by atoms with van der Waals surface area (Å²) in [4.78, 5) is 26.6. The number of phosphoric acid groups is 1. The highest BCUT2D eigenvalue weighted by atomic mass is 31.2. The fourth-order valence-electron chi connectivity index (χ4n) is 1.23. The van der Waals surface area contributed by atoms with Gasteiger partial charge in [0.25, 0.3) is 0 Å². The molecule has 11 heteroatoms. The van der Waals surface area contributed by atoms with E-state index in [4.69, 9.17) is 44.5 Å². The number of fused-ring (bicyclic) bond motifs is 1. The van der Waals surface area contributed by atoms with Crippen LogP contribution in [0.1, 0.15) is 5.56 Å². The van der Waals surface area contributed by atoms with E-state index in [2.05, 4.69) is 5.48 Å². The zero-order chi connectivity index (χ0) is 18.6. The Balaban J connectivity index is 0.000000352. The molecule has 0 aromatic heterocycles. The maximum atomic E-state index is 8.88. The first-order valence-electron chi connectivity index (χ1n) is 6.61. The number of hydrogen-bond acceptors (Lipinski definition) is 7. The smallest absolute Gasteiger partial charge is 0.396 e. The van der Waals surface area contributed by atoms with Crippen molar-refractivity contribution < 1.29 is 44.5 Å². The largest absolute Gasteiger partial charge is 0.466 e. The summed E-state index contributed by atoms with van der Waals surface area (Å²) in [5.74, 6) is 0.880. The summed E-state index contributed by atoms with van der Waals surface area (Å²) in [6.45, 7) is -1.62. The number of hydrogen-bond donors (Lipinski definition) is 8. The van der Waals surface area contributed by atoms with Crippen molar-refractivity contribution >= 4 is 13.9 Å². The first-order chi connectivity index (χ1) is 11.2. The summed E-state index contributed by atoms with van der Waals surface area (Å²) in [6.07, 6.45) is 3.74. The van der Waals surface area contributed by atoms with Crippen molar-refractivity contribution in [2.45, 2.75) is 0 Å². The minimum absolute atomic E-state index is 0.406. The standard InChI is InChI=1S/C8H7NO.C5H12O4.H3O4P/c1-2-4-8-7(3-1)5-6-9-10-8;6-1-5(2-7,3-8)4-9;1-5(2,3)4/h1-6,9H;6-9H,1-4H2;(H3,1,2,3,4). The van der Waals surface area contributed by atoms with E-state index in [0.29, 0.717) is 0 Å². The number of aliphatic hydroxyl groups is 4. The molecule has 24 heavy (non-hydrogen) atoms. The van der Waals surface area contributed by atoms with Crippen LogP contribution >= 0.6 is 7.82 Å². The normalized spacial score (nSPS) is 12.5. The van der Waals surface area contributed by atoms with E-state index in [1.807, 2.05) is 30.3 Å². The SMILES string of the molecule is C1=Cc2ccccc2ON1.O=P(O)(O)O.OCC(CO)(CO)CO. The zero-order valence-corrected chi connectivity index (χ0v) is 13.6. The van der Waals surface area contributed by atoms with Gasteiger partial charge in [-0.1, -0.05) is 18.2 Å². The Morgan fingerprint density at radius 3 is 1.79 bits per heavy atom. The van der Waals surface area contributed by atoms with Gasteiger partial charge in [-0.25, -0.2) is 10.0 Å². The minimum atomic E-state index is -4.64. The Labute approximate surface area is 138 Å². The van der Waals surface area contributed by atoms with Gasteiger partial charge in [0.2, 0.25) is 0 Å². The Morgan fingerprint density at radius 2 is 1.42 bits per heavy atom. The van der Waals surface area contributed by atoms with Crippen LogP contribution in [0.15, 0.2) is 30.5 Å². The van der Waals surface area contributed by atoms with Gasteiger partial charge in [0.1, 0.15) is 0 Å². The summed E-state index contributed by atoms with van der Waals surface area (Å²) in [7, 11) is -4.64. The Bertz CT molecular complexity index is 516. The summed E-state index contributed by atoms with van der Waals surface area (Å²) < 4.78 is 8.88. The van der Waals surface area contributed by atoms with Gasteiger partial charge in [0.05, 0.1) is 31.8 Å². The van der Waals surface area contributed by atoms with Gasteiger partial charge in [0, 0.05) is 11.8 Å². The zero-order valence-electron chi connectivity index (χ0n) is 12.7. The molecule has 1 aromatic carbocycles. The summed E-state index contributed by atoms with van der Waals surface area (Å²) in [6, 6.07) is 7.86. The van der Waals surface area contributed by atoms with Crippen molar-refractivity contribution in [3.63, 3.8) is 0 Å². The van der Waals surface area contributed by atoms with Crippen molar-refractivity contribution in [2.24, 2.45) is 5.41 Å². The molecular weight excluding hydrogens is 345 g/mol.